The average Bonchev–Trinajstić information content (AvgIpc) is 3.36. The number of rotatable bonds is 6. The first kappa shape index (κ1) is 20.1. The molecule has 2 atom stereocenters. The maximum absolute atomic E-state index is 12.7. The van der Waals surface area contributed by atoms with E-state index in [9.17, 15) is 19.2 Å². The molecular weight excluding hydrogens is 378 g/mol. The topological polar surface area (TPSA) is 118 Å². The van der Waals surface area contributed by atoms with Crippen LogP contribution < -0.4 is 10.6 Å². The van der Waals surface area contributed by atoms with Gasteiger partial charge in [-0.3, -0.25) is 19.7 Å². The molecule has 0 unspecified atom stereocenters. The molecule has 0 bridgehead atoms. The number of benzene rings is 1. The number of furan rings is 1. The molecule has 1 aromatic heterocycles. The van der Waals surface area contributed by atoms with E-state index < -0.39 is 29.9 Å². The highest BCUT2D eigenvalue weighted by Gasteiger charge is 2.38. The summed E-state index contributed by atoms with van der Waals surface area (Å²) in [5.74, 6) is -1.76. The molecule has 29 heavy (non-hydrogen) atoms. The molecule has 0 spiro atoms. The molecule has 3 rings (SSSR count). The van der Waals surface area contributed by atoms with Crippen molar-refractivity contribution in [2.75, 3.05) is 13.6 Å². The lowest BCUT2D eigenvalue weighted by molar-refractivity contribution is -0.159. The fourth-order valence-electron chi connectivity index (χ4n) is 3.03. The van der Waals surface area contributed by atoms with Crippen molar-refractivity contribution >= 4 is 23.8 Å². The first-order valence-corrected chi connectivity index (χ1v) is 9.06. The van der Waals surface area contributed by atoms with Gasteiger partial charge in [-0.15, -0.1) is 0 Å². The van der Waals surface area contributed by atoms with Gasteiger partial charge in [-0.1, -0.05) is 30.3 Å². The summed E-state index contributed by atoms with van der Waals surface area (Å²) in [7, 11) is 1.36. The van der Waals surface area contributed by atoms with E-state index in [0.29, 0.717) is 11.3 Å². The van der Waals surface area contributed by atoms with Gasteiger partial charge in [0.2, 0.25) is 12.0 Å². The number of likely N-dealkylation sites (tertiary alicyclic amines) is 1. The molecule has 9 nitrogen and oxygen atoms in total. The van der Waals surface area contributed by atoms with Crippen LogP contribution in [0.25, 0.3) is 0 Å². The Labute approximate surface area is 167 Å². The van der Waals surface area contributed by atoms with Crippen LogP contribution in [0.3, 0.4) is 0 Å². The van der Waals surface area contributed by atoms with Gasteiger partial charge in [0.25, 0.3) is 5.91 Å². The highest BCUT2D eigenvalue weighted by atomic mass is 16.5. The molecule has 2 heterocycles. The molecule has 1 aromatic carbocycles. The Bertz CT molecular complexity index is 881. The largest absolute Gasteiger partial charge is 0.467 e. The Balaban J connectivity index is 1.68. The standard InChI is InChI=1S/C20H21N3O6/c1-21-20(27)22-18(25)17(13-6-3-2-4-7-13)29-19(26)14-10-16(24)23(11-14)12-15-8-5-9-28-15/h2-9,14,17H,10-12H2,1H3,(H2,21,22,25,27)/t14-,17-/m0/s1. The minimum atomic E-state index is -1.31. The molecule has 152 valence electrons. The van der Waals surface area contributed by atoms with Crippen LogP contribution in [0.15, 0.2) is 53.1 Å². The van der Waals surface area contributed by atoms with Crippen LogP contribution in [0.5, 0.6) is 0 Å². The Morgan fingerprint density at radius 1 is 1.21 bits per heavy atom. The minimum absolute atomic E-state index is 0.0158. The maximum atomic E-state index is 12.7. The summed E-state index contributed by atoms with van der Waals surface area (Å²) < 4.78 is 10.7. The van der Waals surface area contributed by atoms with E-state index in [2.05, 4.69) is 10.6 Å². The fraction of sp³-hybridized carbons (Fsp3) is 0.300. The summed E-state index contributed by atoms with van der Waals surface area (Å²) >= 11 is 0. The van der Waals surface area contributed by atoms with Crippen LogP contribution in [-0.2, 0) is 25.7 Å². The van der Waals surface area contributed by atoms with E-state index in [-0.39, 0.29) is 25.4 Å². The lowest BCUT2D eigenvalue weighted by Crippen LogP contribution is -2.41. The van der Waals surface area contributed by atoms with Crippen LogP contribution in [0.2, 0.25) is 0 Å². The summed E-state index contributed by atoms with van der Waals surface area (Å²) in [5.41, 5.74) is 0.416. The molecule has 1 aliphatic heterocycles. The first-order chi connectivity index (χ1) is 14.0. The van der Waals surface area contributed by atoms with E-state index in [1.165, 1.54) is 18.2 Å². The van der Waals surface area contributed by atoms with Crippen LogP contribution in [0.4, 0.5) is 4.79 Å². The smallest absolute Gasteiger partial charge is 0.321 e. The minimum Gasteiger partial charge on any atom is -0.467 e. The second-order valence-electron chi connectivity index (χ2n) is 6.55. The highest BCUT2D eigenvalue weighted by molar-refractivity contribution is 5.98. The first-order valence-electron chi connectivity index (χ1n) is 9.06. The van der Waals surface area contributed by atoms with Gasteiger partial charge in [-0.25, -0.2) is 4.79 Å². The molecule has 1 aliphatic rings. The summed E-state index contributed by atoms with van der Waals surface area (Å²) in [6, 6.07) is 11.1. The number of nitrogens with zero attached hydrogens (tertiary/aromatic N) is 1. The summed E-state index contributed by atoms with van der Waals surface area (Å²) in [5, 5.41) is 4.39. The van der Waals surface area contributed by atoms with Gasteiger partial charge in [0, 0.05) is 25.6 Å². The Morgan fingerprint density at radius 3 is 2.62 bits per heavy atom. The molecule has 1 fully saturated rings. The van der Waals surface area contributed by atoms with E-state index in [0.717, 1.165) is 0 Å². The van der Waals surface area contributed by atoms with Gasteiger partial charge in [-0.2, -0.15) is 0 Å². The molecule has 9 heteroatoms. The normalized spacial score (nSPS) is 16.9. The summed E-state index contributed by atoms with van der Waals surface area (Å²) in [6.07, 6.45) is 0.185. The number of ether oxygens (including phenoxy) is 1. The van der Waals surface area contributed by atoms with Gasteiger partial charge in [0.05, 0.1) is 18.7 Å². The lowest BCUT2D eigenvalue weighted by Gasteiger charge is -2.20. The zero-order valence-electron chi connectivity index (χ0n) is 15.8. The number of carbonyl (C=O) groups excluding carboxylic acids is 4. The number of imide groups is 1. The monoisotopic (exact) mass is 399 g/mol. The van der Waals surface area contributed by atoms with Gasteiger partial charge < -0.3 is 19.4 Å². The second-order valence-corrected chi connectivity index (χ2v) is 6.55. The van der Waals surface area contributed by atoms with Crippen LogP contribution in [0, 0.1) is 5.92 Å². The van der Waals surface area contributed by atoms with Crippen molar-refractivity contribution in [3.8, 4) is 0 Å². The van der Waals surface area contributed by atoms with E-state index in [1.54, 1.807) is 42.5 Å². The van der Waals surface area contributed by atoms with Crippen molar-refractivity contribution in [2.45, 2.75) is 19.1 Å². The quantitative estimate of drug-likeness (QED) is 0.709. The van der Waals surface area contributed by atoms with Crippen LogP contribution in [0.1, 0.15) is 23.8 Å². The molecule has 4 amide bonds. The van der Waals surface area contributed by atoms with Crippen LogP contribution in [-0.4, -0.2) is 42.3 Å². The van der Waals surface area contributed by atoms with Crippen molar-refractivity contribution in [1.29, 1.82) is 0 Å². The number of hydrogen-bond acceptors (Lipinski definition) is 6. The fourth-order valence-corrected chi connectivity index (χ4v) is 3.03. The number of esters is 1. The summed E-state index contributed by atoms with van der Waals surface area (Å²) in [4.78, 5) is 50.4. The third-order valence-corrected chi connectivity index (χ3v) is 4.51. The van der Waals surface area contributed by atoms with Gasteiger partial charge >= 0.3 is 12.0 Å². The van der Waals surface area contributed by atoms with Crippen molar-refractivity contribution in [3.63, 3.8) is 0 Å². The predicted octanol–water partition coefficient (Wildman–Crippen LogP) is 1.37. The molecule has 0 saturated carbocycles. The number of carbonyl (C=O) groups is 4. The third kappa shape index (κ3) is 5.01. The van der Waals surface area contributed by atoms with E-state index >= 15 is 0 Å². The van der Waals surface area contributed by atoms with Crippen molar-refractivity contribution in [3.05, 3.63) is 60.1 Å². The predicted molar refractivity (Wildman–Crippen MR) is 100 cm³/mol. The average molecular weight is 399 g/mol. The van der Waals surface area contributed by atoms with E-state index in [1.807, 2.05) is 0 Å². The number of hydrogen-bond donors (Lipinski definition) is 2. The number of amides is 4. The Hall–Kier alpha value is -3.62. The zero-order chi connectivity index (χ0) is 20.8. The lowest BCUT2D eigenvalue weighted by atomic mass is 10.1. The molecule has 2 N–H and O–H groups in total. The SMILES string of the molecule is CNC(=O)NC(=O)[C@@H](OC(=O)[C@H]1CC(=O)N(Cc2ccco2)C1)c1ccccc1. The second kappa shape index (κ2) is 9.05. The van der Waals surface area contributed by atoms with Gasteiger partial charge in [0.15, 0.2) is 0 Å². The summed E-state index contributed by atoms with van der Waals surface area (Å²) in [6.45, 7) is 0.422. The van der Waals surface area contributed by atoms with Crippen LogP contribution >= 0.6 is 0 Å². The molecule has 0 radical (unpaired) electrons. The molecule has 2 aromatic rings. The molecular formula is C20H21N3O6. The molecule has 1 saturated heterocycles. The number of urea groups is 1. The Morgan fingerprint density at radius 2 is 1.97 bits per heavy atom. The van der Waals surface area contributed by atoms with Crippen molar-refractivity contribution in [1.82, 2.24) is 15.5 Å². The van der Waals surface area contributed by atoms with Crippen molar-refractivity contribution < 1.29 is 28.3 Å². The third-order valence-electron chi connectivity index (χ3n) is 4.51. The van der Waals surface area contributed by atoms with Gasteiger partial charge in [-0.05, 0) is 12.1 Å². The number of nitrogens with one attached hydrogen (secondary N) is 2. The van der Waals surface area contributed by atoms with Crippen molar-refractivity contribution in [2.24, 2.45) is 5.92 Å². The maximum Gasteiger partial charge on any atom is 0.321 e. The van der Waals surface area contributed by atoms with E-state index in [4.69, 9.17) is 9.15 Å². The molecule has 0 aliphatic carbocycles. The Kier molecular flexibility index (Phi) is 6.28. The zero-order valence-corrected chi connectivity index (χ0v) is 15.8. The highest BCUT2D eigenvalue weighted by Crippen LogP contribution is 2.25. The van der Waals surface area contributed by atoms with Gasteiger partial charge in [0.1, 0.15) is 5.76 Å².